The van der Waals surface area contributed by atoms with Crippen LogP contribution < -0.4 is 0 Å². The van der Waals surface area contributed by atoms with Crippen molar-refractivity contribution < 1.29 is 9.53 Å². The van der Waals surface area contributed by atoms with E-state index in [1.165, 1.54) is 7.11 Å². The highest BCUT2D eigenvalue weighted by Gasteiger charge is 2.00. The van der Waals surface area contributed by atoms with Gasteiger partial charge in [0, 0.05) is 12.0 Å². The molecule has 0 radical (unpaired) electrons. The number of aryl methyl sites for hydroxylation is 1. The molecular weight excluding hydrogens is 208 g/mol. The van der Waals surface area contributed by atoms with Gasteiger partial charge in [0.2, 0.25) is 0 Å². The third-order valence-electron chi connectivity index (χ3n) is 2.00. The quantitative estimate of drug-likeness (QED) is 0.479. The molecule has 0 fully saturated rings. The van der Waals surface area contributed by atoms with Crippen LogP contribution in [0.25, 0.3) is 0 Å². The van der Waals surface area contributed by atoms with Gasteiger partial charge in [0.15, 0.2) is 0 Å². The van der Waals surface area contributed by atoms with Crippen LogP contribution in [0.4, 0.5) is 0 Å². The fourth-order valence-electron chi connectivity index (χ4n) is 1.17. The van der Waals surface area contributed by atoms with Gasteiger partial charge in [-0.1, -0.05) is 30.7 Å². The van der Waals surface area contributed by atoms with Crippen molar-refractivity contribution in [2.45, 2.75) is 12.8 Å². The highest BCUT2D eigenvalue weighted by atomic mass is 32.1. The van der Waals surface area contributed by atoms with E-state index in [2.05, 4.69) is 28.5 Å². The summed E-state index contributed by atoms with van der Waals surface area (Å²) in [5.41, 5.74) is 2.02. The molecule has 0 saturated heterocycles. The molecule has 78 valence electrons. The lowest BCUT2D eigenvalue weighted by atomic mass is 10.1. The van der Waals surface area contributed by atoms with Gasteiger partial charge < -0.3 is 4.74 Å². The van der Waals surface area contributed by atoms with Crippen molar-refractivity contribution >= 4 is 18.6 Å². The lowest BCUT2D eigenvalue weighted by molar-refractivity contribution is -0.140. The summed E-state index contributed by atoms with van der Waals surface area (Å²) < 4.78 is 4.56. The van der Waals surface area contributed by atoms with Crippen LogP contribution >= 0.6 is 12.6 Å². The zero-order valence-electron chi connectivity index (χ0n) is 8.49. The molecular formula is C12H12O2S. The average molecular weight is 220 g/mol. The molecule has 0 spiro atoms. The van der Waals surface area contributed by atoms with Crippen molar-refractivity contribution in [3.8, 4) is 11.2 Å². The number of thiol groups is 1. The molecule has 2 nitrogen and oxygen atoms in total. The highest BCUT2D eigenvalue weighted by Crippen LogP contribution is 2.06. The van der Waals surface area contributed by atoms with E-state index in [1.807, 2.05) is 24.3 Å². The van der Waals surface area contributed by atoms with Gasteiger partial charge in [0.25, 0.3) is 0 Å². The summed E-state index contributed by atoms with van der Waals surface area (Å²) in [5.74, 6) is 2.65. The number of hydrogen-bond acceptors (Lipinski definition) is 3. The molecule has 0 amide bonds. The van der Waals surface area contributed by atoms with Crippen LogP contribution in [0.15, 0.2) is 24.3 Å². The second-order valence-corrected chi connectivity index (χ2v) is 3.23. The zero-order chi connectivity index (χ0) is 11.1. The maximum absolute atomic E-state index is 10.9. The maximum Gasteiger partial charge on any atom is 0.305 e. The Morgan fingerprint density at radius 1 is 1.40 bits per heavy atom. The Bertz CT molecular complexity index is 384. The van der Waals surface area contributed by atoms with Gasteiger partial charge in [0.05, 0.1) is 7.11 Å². The Morgan fingerprint density at radius 3 is 2.60 bits per heavy atom. The largest absolute Gasteiger partial charge is 0.469 e. The first-order valence-corrected chi connectivity index (χ1v) is 5.02. The highest BCUT2D eigenvalue weighted by molar-refractivity contribution is 7.85. The van der Waals surface area contributed by atoms with Crippen molar-refractivity contribution in [1.82, 2.24) is 0 Å². The summed E-state index contributed by atoms with van der Waals surface area (Å²) >= 11 is 3.82. The van der Waals surface area contributed by atoms with E-state index in [0.717, 1.165) is 11.1 Å². The van der Waals surface area contributed by atoms with Gasteiger partial charge in [0.1, 0.15) is 0 Å². The van der Waals surface area contributed by atoms with Gasteiger partial charge in [-0.05, 0) is 29.4 Å². The topological polar surface area (TPSA) is 26.3 Å². The first-order chi connectivity index (χ1) is 7.26. The van der Waals surface area contributed by atoms with E-state index in [-0.39, 0.29) is 5.97 Å². The molecule has 0 aliphatic rings. The predicted octanol–water partition coefficient (Wildman–Crippen LogP) is 2.03. The van der Waals surface area contributed by atoms with E-state index < -0.39 is 0 Å². The molecule has 0 saturated carbocycles. The SMILES string of the molecule is COC(=O)CCc1ccc(C#CS)cc1. The minimum atomic E-state index is -0.186. The van der Waals surface area contributed by atoms with E-state index in [0.29, 0.717) is 12.8 Å². The Labute approximate surface area is 95.1 Å². The first-order valence-electron chi connectivity index (χ1n) is 4.57. The summed E-state index contributed by atoms with van der Waals surface area (Å²) in [6, 6.07) is 7.73. The Kier molecular flexibility index (Phi) is 4.79. The van der Waals surface area contributed by atoms with Crippen LogP contribution in [0.5, 0.6) is 0 Å². The van der Waals surface area contributed by atoms with Crippen LogP contribution in [0, 0.1) is 11.2 Å². The molecule has 1 aromatic rings. The van der Waals surface area contributed by atoms with E-state index in [4.69, 9.17) is 0 Å². The molecule has 0 unspecified atom stereocenters. The molecule has 0 bridgehead atoms. The fourth-order valence-corrected chi connectivity index (χ4v) is 1.30. The summed E-state index contributed by atoms with van der Waals surface area (Å²) in [6.07, 6.45) is 1.11. The predicted molar refractivity (Wildman–Crippen MR) is 62.6 cm³/mol. The lowest BCUT2D eigenvalue weighted by Gasteiger charge is -2.00. The smallest absolute Gasteiger partial charge is 0.305 e. The zero-order valence-corrected chi connectivity index (χ0v) is 9.38. The molecule has 0 atom stereocenters. The van der Waals surface area contributed by atoms with Crippen molar-refractivity contribution in [3.63, 3.8) is 0 Å². The van der Waals surface area contributed by atoms with Crippen molar-refractivity contribution in [3.05, 3.63) is 35.4 Å². The molecule has 0 aromatic heterocycles. The molecule has 15 heavy (non-hydrogen) atoms. The molecule has 0 heterocycles. The lowest BCUT2D eigenvalue weighted by Crippen LogP contribution is -2.01. The van der Waals surface area contributed by atoms with Crippen LogP contribution in [0.3, 0.4) is 0 Å². The molecule has 0 aliphatic carbocycles. The summed E-state index contributed by atoms with van der Waals surface area (Å²) in [7, 11) is 1.40. The molecule has 0 aliphatic heterocycles. The number of methoxy groups -OCH3 is 1. The van der Waals surface area contributed by atoms with Gasteiger partial charge in [-0.15, -0.1) is 0 Å². The summed E-state index contributed by atoms with van der Waals surface area (Å²) in [5, 5.41) is 2.53. The minimum absolute atomic E-state index is 0.186. The monoisotopic (exact) mass is 220 g/mol. The molecule has 0 N–H and O–H groups in total. The number of esters is 1. The number of hydrogen-bond donors (Lipinski definition) is 1. The molecule has 1 rings (SSSR count). The van der Waals surface area contributed by atoms with Gasteiger partial charge in [-0.3, -0.25) is 4.79 Å². The van der Waals surface area contributed by atoms with Gasteiger partial charge in [-0.25, -0.2) is 0 Å². The van der Waals surface area contributed by atoms with E-state index in [9.17, 15) is 4.79 Å². The van der Waals surface area contributed by atoms with Crippen LogP contribution in [-0.4, -0.2) is 13.1 Å². The van der Waals surface area contributed by atoms with Crippen molar-refractivity contribution in [1.29, 1.82) is 0 Å². The second kappa shape index (κ2) is 6.15. The van der Waals surface area contributed by atoms with Crippen LogP contribution in [0.1, 0.15) is 17.5 Å². The van der Waals surface area contributed by atoms with Crippen LogP contribution in [0.2, 0.25) is 0 Å². The number of rotatable bonds is 3. The van der Waals surface area contributed by atoms with Crippen LogP contribution in [-0.2, 0) is 16.0 Å². The fraction of sp³-hybridized carbons (Fsp3) is 0.250. The van der Waals surface area contributed by atoms with Crippen molar-refractivity contribution in [2.24, 2.45) is 0 Å². The number of carbonyl (C=O) groups is 1. The maximum atomic E-state index is 10.9. The van der Waals surface area contributed by atoms with E-state index >= 15 is 0 Å². The normalized spacial score (nSPS) is 8.93. The molecule has 1 aromatic carbocycles. The summed E-state index contributed by atoms with van der Waals surface area (Å²) in [4.78, 5) is 10.9. The second-order valence-electron chi connectivity index (χ2n) is 3.01. The number of benzene rings is 1. The standard InChI is InChI=1S/C12H12O2S/c1-14-12(13)7-6-10-2-4-11(5-3-10)8-9-15/h2-5,15H,6-7H2,1H3. The van der Waals surface area contributed by atoms with Crippen molar-refractivity contribution in [2.75, 3.05) is 7.11 Å². The van der Waals surface area contributed by atoms with Gasteiger partial charge in [-0.2, -0.15) is 0 Å². The third kappa shape index (κ3) is 4.09. The molecule has 3 heteroatoms. The Morgan fingerprint density at radius 2 is 2.07 bits per heavy atom. The third-order valence-corrected chi connectivity index (χ3v) is 2.11. The Hall–Kier alpha value is -1.40. The number of ether oxygens (including phenoxy) is 1. The van der Waals surface area contributed by atoms with Gasteiger partial charge >= 0.3 is 5.97 Å². The average Bonchev–Trinajstić information content (AvgIpc) is 2.28. The number of carbonyl (C=O) groups excluding carboxylic acids is 1. The Balaban J connectivity index is 2.55. The van der Waals surface area contributed by atoms with E-state index in [1.54, 1.807) is 0 Å². The first kappa shape index (κ1) is 11.7. The minimum Gasteiger partial charge on any atom is -0.469 e. The summed E-state index contributed by atoms with van der Waals surface area (Å²) in [6.45, 7) is 0.